The number of carbonyl (C=O) groups excluding carboxylic acids is 1. The Labute approximate surface area is 140 Å². The zero-order valence-electron chi connectivity index (χ0n) is 14.2. The number of hydrogen-bond donors (Lipinski definition) is 1. The summed E-state index contributed by atoms with van der Waals surface area (Å²) in [5, 5.41) is 15.2. The van der Waals surface area contributed by atoms with Gasteiger partial charge in [0.15, 0.2) is 5.82 Å². The first-order valence-corrected chi connectivity index (χ1v) is 7.78. The van der Waals surface area contributed by atoms with E-state index < -0.39 is 0 Å². The maximum atomic E-state index is 12.6. The van der Waals surface area contributed by atoms with Gasteiger partial charge in [0, 0.05) is 30.5 Å². The lowest BCUT2D eigenvalue weighted by Crippen LogP contribution is -2.19. The Balaban J connectivity index is 1.92. The molecule has 1 aromatic carbocycles. The first-order chi connectivity index (χ1) is 11.5. The van der Waals surface area contributed by atoms with Crippen LogP contribution < -0.4 is 5.32 Å². The molecule has 0 saturated heterocycles. The smallest absolute Gasteiger partial charge is 0.273 e. The van der Waals surface area contributed by atoms with Gasteiger partial charge in [-0.2, -0.15) is 5.10 Å². The molecule has 0 radical (unpaired) electrons. The highest BCUT2D eigenvalue weighted by Gasteiger charge is 2.17. The summed E-state index contributed by atoms with van der Waals surface area (Å²) < 4.78 is 3.55. The number of nitrogens with zero attached hydrogens (tertiary/aromatic N) is 5. The first-order valence-electron chi connectivity index (χ1n) is 7.78. The van der Waals surface area contributed by atoms with Crippen LogP contribution in [0.25, 0.3) is 11.4 Å². The molecule has 0 saturated carbocycles. The van der Waals surface area contributed by atoms with E-state index in [1.165, 1.54) is 0 Å². The minimum Gasteiger partial charge on any atom is -0.320 e. The van der Waals surface area contributed by atoms with E-state index in [4.69, 9.17) is 0 Å². The summed E-state index contributed by atoms with van der Waals surface area (Å²) in [7, 11) is 1.89. The van der Waals surface area contributed by atoms with E-state index in [0.717, 1.165) is 22.6 Å². The third kappa shape index (κ3) is 2.80. The average Bonchev–Trinajstić information content (AvgIpc) is 3.18. The molecule has 3 rings (SSSR count). The number of carbonyl (C=O) groups is 1. The third-order valence-electron chi connectivity index (χ3n) is 3.93. The van der Waals surface area contributed by atoms with Crippen molar-refractivity contribution in [2.45, 2.75) is 26.8 Å². The summed E-state index contributed by atoms with van der Waals surface area (Å²) in [6, 6.07) is 7.58. The van der Waals surface area contributed by atoms with Crippen LogP contribution in [0.1, 0.15) is 35.9 Å². The van der Waals surface area contributed by atoms with E-state index in [9.17, 15) is 4.79 Å². The fourth-order valence-corrected chi connectivity index (χ4v) is 2.63. The minimum atomic E-state index is -0.181. The molecule has 124 valence electrons. The molecule has 7 nitrogen and oxygen atoms in total. The van der Waals surface area contributed by atoms with E-state index in [1.54, 1.807) is 23.3 Å². The molecule has 7 heteroatoms. The van der Waals surface area contributed by atoms with Crippen molar-refractivity contribution in [3.63, 3.8) is 0 Å². The fraction of sp³-hybridized carbons (Fsp3) is 0.294. The van der Waals surface area contributed by atoms with Crippen LogP contribution in [0.3, 0.4) is 0 Å². The van der Waals surface area contributed by atoms with E-state index in [0.29, 0.717) is 5.69 Å². The molecular formula is C17H20N6O. The van der Waals surface area contributed by atoms with Gasteiger partial charge in [0.2, 0.25) is 0 Å². The van der Waals surface area contributed by atoms with Gasteiger partial charge in [-0.3, -0.25) is 9.48 Å². The molecule has 0 aliphatic carbocycles. The van der Waals surface area contributed by atoms with Crippen molar-refractivity contribution in [2.24, 2.45) is 7.05 Å². The molecule has 2 heterocycles. The van der Waals surface area contributed by atoms with Crippen LogP contribution in [0.2, 0.25) is 0 Å². The van der Waals surface area contributed by atoms with Gasteiger partial charge in [0.05, 0.1) is 0 Å². The topological polar surface area (TPSA) is 77.6 Å². The molecule has 24 heavy (non-hydrogen) atoms. The summed E-state index contributed by atoms with van der Waals surface area (Å²) in [6.07, 6.45) is 3.29. The van der Waals surface area contributed by atoms with E-state index in [-0.39, 0.29) is 11.9 Å². The summed E-state index contributed by atoms with van der Waals surface area (Å²) in [4.78, 5) is 12.6. The lowest BCUT2D eigenvalue weighted by Gasteiger charge is -2.14. The van der Waals surface area contributed by atoms with Crippen molar-refractivity contribution in [3.8, 4) is 11.4 Å². The van der Waals surface area contributed by atoms with E-state index in [2.05, 4.69) is 20.6 Å². The predicted octanol–water partition coefficient (Wildman–Crippen LogP) is 2.82. The van der Waals surface area contributed by atoms with Gasteiger partial charge in [-0.1, -0.05) is 12.1 Å². The van der Waals surface area contributed by atoms with Crippen molar-refractivity contribution in [1.29, 1.82) is 0 Å². The van der Waals surface area contributed by atoms with E-state index >= 15 is 0 Å². The molecule has 0 fully saturated rings. The second-order valence-corrected chi connectivity index (χ2v) is 5.95. The Kier molecular flexibility index (Phi) is 4.16. The van der Waals surface area contributed by atoms with Crippen LogP contribution in [-0.2, 0) is 7.05 Å². The number of benzene rings is 1. The largest absolute Gasteiger partial charge is 0.320 e. The zero-order chi connectivity index (χ0) is 17.3. The van der Waals surface area contributed by atoms with Crippen LogP contribution in [0.5, 0.6) is 0 Å². The molecule has 0 bridgehead atoms. The molecular weight excluding hydrogens is 304 g/mol. The Bertz CT molecular complexity index is 877. The standard InChI is InChI=1S/C17H20N6O/c1-11(2)23-15(8-9-19-23)17(24)20-14-7-5-6-13(12(14)3)16-21-18-10-22(16)4/h5-11H,1-4H3,(H,20,24). The van der Waals surface area contributed by atoms with Crippen LogP contribution in [0.4, 0.5) is 5.69 Å². The number of nitrogens with one attached hydrogen (secondary N) is 1. The lowest BCUT2D eigenvalue weighted by atomic mass is 10.1. The molecule has 1 N–H and O–H groups in total. The van der Waals surface area contributed by atoms with Crippen molar-refractivity contribution in [3.05, 3.63) is 48.0 Å². The highest BCUT2D eigenvalue weighted by atomic mass is 16.2. The van der Waals surface area contributed by atoms with Crippen LogP contribution >= 0.6 is 0 Å². The molecule has 0 atom stereocenters. The van der Waals surface area contributed by atoms with Gasteiger partial charge in [0.25, 0.3) is 5.91 Å². The monoisotopic (exact) mass is 324 g/mol. The number of aromatic nitrogens is 5. The highest BCUT2D eigenvalue weighted by Crippen LogP contribution is 2.27. The van der Waals surface area contributed by atoms with E-state index in [1.807, 2.05) is 50.6 Å². The second-order valence-electron chi connectivity index (χ2n) is 5.95. The summed E-state index contributed by atoms with van der Waals surface area (Å²) in [5.41, 5.74) is 3.16. The number of rotatable bonds is 4. The van der Waals surface area contributed by atoms with Crippen LogP contribution in [-0.4, -0.2) is 30.5 Å². The molecule has 2 aromatic heterocycles. The van der Waals surface area contributed by atoms with Gasteiger partial charge >= 0.3 is 0 Å². The van der Waals surface area contributed by atoms with Crippen LogP contribution in [0, 0.1) is 6.92 Å². The number of hydrogen-bond acceptors (Lipinski definition) is 4. The minimum absolute atomic E-state index is 0.117. The molecule has 0 unspecified atom stereocenters. The molecule has 3 aromatic rings. The molecule has 0 aliphatic heterocycles. The van der Waals surface area contributed by atoms with Gasteiger partial charge in [-0.25, -0.2) is 0 Å². The van der Waals surface area contributed by atoms with Crippen molar-refractivity contribution in [2.75, 3.05) is 5.32 Å². The summed E-state index contributed by atoms with van der Waals surface area (Å²) >= 11 is 0. The maximum absolute atomic E-state index is 12.6. The summed E-state index contributed by atoms with van der Waals surface area (Å²) in [5.74, 6) is 0.579. The molecule has 0 aliphatic rings. The zero-order valence-corrected chi connectivity index (χ0v) is 14.2. The van der Waals surface area contributed by atoms with Crippen molar-refractivity contribution < 1.29 is 4.79 Å². The van der Waals surface area contributed by atoms with Gasteiger partial charge in [-0.15, -0.1) is 10.2 Å². The summed E-state index contributed by atoms with van der Waals surface area (Å²) in [6.45, 7) is 5.94. The Morgan fingerprint density at radius 2 is 2.04 bits per heavy atom. The quantitative estimate of drug-likeness (QED) is 0.800. The van der Waals surface area contributed by atoms with Gasteiger partial charge < -0.3 is 9.88 Å². The van der Waals surface area contributed by atoms with Crippen molar-refractivity contribution >= 4 is 11.6 Å². The SMILES string of the molecule is Cc1c(NC(=O)c2ccnn2C(C)C)cccc1-c1nncn1C. The molecule has 1 amide bonds. The van der Waals surface area contributed by atoms with Gasteiger partial charge in [-0.05, 0) is 38.5 Å². The Hall–Kier alpha value is -2.96. The normalized spacial score (nSPS) is 11.0. The van der Waals surface area contributed by atoms with Gasteiger partial charge in [0.1, 0.15) is 12.0 Å². The second kappa shape index (κ2) is 6.27. The predicted molar refractivity (Wildman–Crippen MR) is 91.7 cm³/mol. The molecule has 0 spiro atoms. The Morgan fingerprint density at radius 3 is 2.71 bits per heavy atom. The number of anilines is 1. The average molecular weight is 324 g/mol. The maximum Gasteiger partial charge on any atom is 0.273 e. The highest BCUT2D eigenvalue weighted by molar-refractivity contribution is 6.03. The van der Waals surface area contributed by atoms with Crippen molar-refractivity contribution in [1.82, 2.24) is 24.5 Å². The third-order valence-corrected chi connectivity index (χ3v) is 3.93. The number of aryl methyl sites for hydroxylation is 1. The first kappa shape index (κ1) is 15.9. The van der Waals surface area contributed by atoms with Crippen LogP contribution in [0.15, 0.2) is 36.8 Å². The Morgan fingerprint density at radius 1 is 1.25 bits per heavy atom. The fourth-order valence-electron chi connectivity index (χ4n) is 2.63. The number of amides is 1. The lowest BCUT2D eigenvalue weighted by molar-refractivity contribution is 0.101.